The van der Waals surface area contributed by atoms with Gasteiger partial charge in [-0.05, 0) is 25.7 Å². The maximum Gasteiger partial charge on any atom is 0.210 e. The van der Waals surface area contributed by atoms with Crippen LogP contribution < -0.4 is 0 Å². The van der Waals surface area contributed by atoms with E-state index in [2.05, 4.69) is 4.99 Å². The molecule has 1 fully saturated rings. The summed E-state index contributed by atoms with van der Waals surface area (Å²) in [5, 5.41) is 10.2. The van der Waals surface area contributed by atoms with Gasteiger partial charge in [0, 0.05) is 6.21 Å². The predicted molar refractivity (Wildman–Crippen MR) is 52.4 cm³/mol. The molecule has 0 spiro atoms. The molecule has 1 saturated carbocycles. The average Bonchev–Trinajstić information content (AvgIpc) is 2.19. The molecule has 1 heterocycles. The van der Waals surface area contributed by atoms with E-state index in [1.807, 2.05) is 0 Å². The van der Waals surface area contributed by atoms with Crippen molar-refractivity contribution >= 4 is 6.21 Å². The molecule has 78 valence electrons. The Labute approximate surface area is 82.9 Å². The number of nitrogens with zero attached hydrogens (tertiary/aromatic N) is 2. The second kappa shape index (κ2) is 3.69. The van der Waals surface area contributed by atoms with E-state index in [4.69, 9.17) is 0 Å². The Hall–Kier alpha value is -0.900. The first-order valence-corrected chi connectivity index (χ1v) is 5.10. The molecule has 2 aliphatic rings. The van der Waals surface area contributed by atoms with Crippen molar-refractivity contribution in [1.29, 1.82) is 0 Å². The zero-order valence-electron chi connectivity index (χ0n) is 8.12. The lowest BCUT2D eigenvalue weighted by Gasteiger charge is -2.42. The SMILES string of the molecule is OC1(N2CC=NC=C2F)CCCCC1. The molecule has 0 amide bonds. The third-order valence-electron chi connectivity index (χ3n) is 2.97. The monoisotopic (exact) mass is 198 g/mol. The van der Waals surface area contributed by atoms with Gasteiger partial charge < -0.3 is 10.0 Å². The van der Waals surface area contributed by atoms with Crippen LogP contribution in [0.15, 0.2) is 17.1 Å². The summed E-state index contributed by atoms with van der Waals surface area (Å²) < 4.78 is 13.4. The summed E-state index contributed by atoms with van der Waals surface area (Å²) in [7, 11) is 0. The van der Waals surface area contributed by atoms with Gasteiger partial charge in [0.05, 0.1) is 12.7 Å². The number of halogens is 1. The summed E-state index contributed by atoms with van der Waals surface area (Å²) in [5.41, 5.74) is -0.981. The predicted octanol–water partition coefficient (Wildman–Crippen LogP) is 1.79. The van der Waals surface area contributed by atoms with Crippen molar-refractivity contribution in [1.82, 2.24) is 4.90 Å². The minimum atomic E-state index is -0.981. The third-order valence-corrected chi connectivity index (χ3v) is 2.97. The van der Waals surface area contributed by atoms with Crippen molar-refractivity contribution < 1.29 is 9.50 Å². The van der Waals surface area contributed by atoms with Crippen molar-refractivity contribution in [2.24, 2.45) is 4.99 Å². The van der Waals surface area contributed by atoms with Gasteiger partial charge in [-0.2, -0.15) is 4.39 Å². The van der Waals surface area contributed by atoms with Crippen molar-refractivity contribution in [3.63, 3.8) is 0 Å². The van der Waals surface area contributed by atoms with Crippen LogP contribution in [0.4, 0.5) is 4.39 Å². The second-order valence-electron chi connectivity index (χ2n) is 3.94. The van der Waals surface area contributed by atoms with E-state index in [-0.39, 0.29) is 0 Å². The highest BCUT2D eigenvalue weighted by Gasteiger charge is 2.37. The topological polar surface area (TPSA) is 35.8 Å². The summed E-state index contributed by atoms with van der Waals surface area (Å²) in [4.78, 5) is 5.14. The van der Waals surface area contributed by atoms with Gasteiger partial charge in [-0.3, -0.25) is 4.99 Å². The van der Waals surface area contributed by atoms with Crippen LogP contribution in [-0.4, -0.2) is 28.5 Å². The summed E-state index contributed by atoms with van der Waals surface area (Å²) >= 11 is 0. The Morgan fingerprint density at radius 3 is 2.71 bits per heavy atom. The highest BCUT2D eigenvalue weighted by molar-refractivity contribution is 5.62. The molecular formula is C10H15FN2O. The maximum absolute atomic E-state index is 13.4. The van der Waals surface area contributed by atoms with Gasteiger partial charge in [0.25, 0.3) is 0 Å². The Kier molecular flexibility index (Phi) is 2.54. The van der Waals surface area contributed by atoms with E-state index in [1.165, 1.54) is 4.90 Å². The lowest BCUT2D eigenvalue weighted by molar-refractivity contribution is -0.118. The van der Waals surface area contributed by atoms with Crippen LogP contribution >= 0.6 is 0 Å². The molecule has 0 atom stereocenters. The lowest BCUT2D eigenvalue weighted by Crippen LogP contribution is -2.50. The Bertz CT molecular complexity index is 269. The van der Waals surface area contributed by atoms with E-state index < -0.39 is 11.7 Å². The standard InChI is InChI=1S/C10H15FN2O/c11-9-8-12-6-7-13(9)10(14)4-2-1-3-5-10/h6,8,14H,1-5,7H2. The van der Waals surface area contributed by atoms with Gasteiger partial charge in [-0.1, -0.05) is 6.42 Å². The summed E-state index contributed by atoms with van der Waals surface area (Å²) in [6, 6.07) is 0. The van der Waals surface area contributed by atoms with Crippen LogP contribution in [0.3, 0.4) is 0 Å². The molecule has 14 heavy (non-hydrogen) atoms. The van der Waals surface area contributed by atoms with Gasteiger partial charge in [-0.15, -0.1) is 0 Å². The third kappa shape index (κ3) is 1.66. The van der Waals surface area contributed by atoms with Crippen LogP contribution in [-0.2, 0) is 0 Å². The molecule has 0 aromatic heterocycles. The van der Waals surface area contributed by atoms with E-state index in [0.717, 1.165) is 25.5 Å². The van der Waals surface area contributed by atoms with Crippen LogP contribution in [0.5, 0.6) is 0 Å². The fourth-order valence-corrected chi connectivity index (χ4v) is 2.16. The van der Waals surface area contributed by atoms with Crippen LogP contribution in [0.1, 0.15) is 32.1 Å². The van der Waals surface area contributed by atoms with Gasteiger partial charge in [0.1, 0.15) is 5.72 Å². The molecule has 2 rings (SSSR count). The zero-order valence-corrected chi connectivity index (χ0v) is 8.12. The molecule has 0 unspecified atom stereocenters. The number of hydrogen-bond donors (Lipinski definition) is 1. The molecule has 4 heteroatoms. The van der Waals surface area contributed by atoms with Gasteiger partial charge in [0.2, 0.25) is 5.95 Å². The minimum Gasteiger partial charge on any atom is -0.371 e. The first-order chi connectivity index (χ1) is 6.72. The maximum atomic E-state index is 13.4. The van der Waals surface area contributed by atoms with Crippen molar-refractivity contribution in [3.8, 4) is 0 Å². The summed E-state index contributed by atoms with van der Waals surface area (Å²) in [6.07, 6.45) is 7.17. The number of aliphatic imine (C=N–C) groups is 1. The highest BCUT2D eigenvalue weighted by atomic mass is 19.1. The Morgan fingerprint density at radius 1 is 1.36 bits per heavy atom. The normalized spacial score (nSPS) is 26.1. The number of aliphatic hydroxyl groups is 1. The van der Waals surface area contributed by atoms with Crippen LogP contribution in [0, 0.1) is 0 Å². The Balaban J connectivity index is 2.12. The fraction of sp³-hybridized carbons (Fsp3) is 0.700. The molecular weight excluding hydrogens is 183 g/mol. The fourth-order valence-electron chi connectivity index (χ4n) is 2.16. The number of hydrogen-bond acceptors (Lipinski definition) is 3. The number of rotatable bonds is 1. The molecule has 1 aliphatic carbocycles. The van der Waals surface area contributed by atoms with E-state index in [0.29, 0.717) is 19.4 Å². The molecule has 3 nitrogen and oxygen atoms in total. The Morgan fingerprint density at radius 2 is 2.07 bits per heavy atom. The van der Waals surface area contributed by atoms with Gasteiger partial charge in [0.15, 0.2) is 0 Å². The van der Waals surface area contributed by atoms with Crippen molar-refractivity contribution in [2.75, 3.05) is 6.54 Å². The smallest absolute Gasteiger partial charge is 0.210 e. The quantitative estimate of drug-likeness (QED) is 0.652. The second-order valence-corrected chi connectivity index (χ2v) is 3.94. The summed E-state index contributed by atoms with van der Waals surface area (Å²) in [6.45, 7) is 0.374. The first kappa shape index (κ1) is 9.65. The highest BCUT2D eigenvalue weighted by Crippen LogP contribution is 2.34. The minimum absolute atomic E-state index is 0.374. The zero-order chi connectivity index (χ0) is 10.0. The van der Waals surface area contributed by atoms with Crippen LogP contribution in [0.25, 0.3) is 0 Å². The largest absolute Gasteiger partial charge is 0.371 e. The van der Waals surface area contributed by atoms with Gasteiger partial charge in [-0.25, -0.2) is 0 Å². The van der Waals surface area contributed by atoms with E-state index in [9.17, 15) is 9.50 Å². The molecule has 0 radical (unpaired) electrons. The summed E-state index contributed by atoms with van der Waals surface area (Å²) in [5.74, 6) is -0.420. The van der Waals surface area contributed by atoms with Crippen molar-refractivity contribution in [3.05, 3.63) is 12.2 Å². The molecule has 0 aromatic carbocycles. The molecule has 0 bridgehead atoms. The molecule has 1 aliphatic heterocycles. The average molecular weight is 198 g/mol. The van der Waals surface area contributed by atoms with Crippen molar-refractivity contribution in [2.45, 2.75) is 37.8 Å². The first-order valence-electron chi connectivity index (χ1n) is 5.10. The van der Waals surface area contributed by atoms with E-state index in [1.54, 1.807) is 6.21 Å². The lowest BCUT2D eigenvalue weighted by atomic mass is 9.90. The molecule has 0 saturated heterocycles. The molecule has 0 aromatic rings. The molecule has 1 N–H and O–H groups in total. The van der Waals surface area contributed by atoms with E-state index >= 15 is 0 Å². The van der Waals surface area contributed by atoms with Gasteiger partial charge >= 0.3 is 0 Å². The van der Waals surface area contributed by atoms with Crippen LogP contribution in [0.2, 0.25) is 0 Å².